The van der Waals surface area contributed by atoms with Crippen LogP contribution in [0.25, 0.3) is 0 Å². The largest absolute Gasteiger partial charge is 0.394 e. The molecule has 100 valence electrons. The maximum absolute atomic E-state index is 9.55. The molecule has 19 heavy (non-hydrogen) atoms. The molecule has 0 radical (unpaired) electrons. The zero-order valence-corrected chi connectivity index (χ0v) is 13.0. The number of hydrogen-bond donors (Lipinski definition) is 2. The van der Waals surface area contributed by atoms with E-state index in [0.29, 0.717) is 10.0 Å². The Kier molecular flexibility index (Phi) is 5.11. The molecule has 0 amide bonds. The highest BCUT2D eigenvalue weighted by Crippen LogP contribution is 2.29. The summed E-state index contributed by atoms with van der Waals surface area (Å²) in [6.07, 6.45) is 0. The highest BCUT2D eigenvalue weighted by atomic mass is 79.9. The molecule has 0 saturated heterocycles. The van der Waals surface area contributed by atoms with E-state index in [1.165, 1.54) is 0 Å². The first-order chi connectivity index (χ1) is 9.10. The van der Waals surface area contributed by atoms with Crippen molar-refractivity contribution in [1.29, 1.82) is 0 Å². The van der Waals surface area contributed by atoms with Crippen LogP contribution in [0.15, 0.2) is 46.9 Å². The number of aliphatic hydroxyl groups is 1. The lowest BCUT2D eigenvalue weighted by atomic mass is 10.1. The number of aliphatic hydroxyl groups excluding tert-OH is 1. The van der Waals surface area contributed by atoms with Crippen molar-refractivity contribution in [2.75, 3.05) is 11.9 Å². The fourth-order valence-corrected chi connectivity index (χ4v) is 2.72. The summed E-state index contributed by atoms with van der Waals surface area (Å²) in [6.45, 7) is -0.0575. The third kappa shape index (κ3) is 3.86. The maximum Gasteiger partial charge on any atom is 0.0746 e. The Bertz CT molecular complexity index is 557. The molecule has 0 aliphatic rings. The first-order valence-electron chi connectivity index (χ1n) is 5.68. The molecule has 0 aliphatic heterocycles. The van der Waals surface area contributed by atoms with Crippen LogP contribution in [-0.2, 0) is 0 Å². The minimum Gasteiger partial charge on any atom is -0.394 e. The molecule has 5 heteroatoms. The van der Waals surface area contributed by atoms with Crippen molar-refractivity contribution in [3.63, 3.8) is 0 Å². The monoisotopic (exact) mass is 359 g/mol. The Morgan fingerprint density at radius 3 is 2.32 bits per heavy atom. The smallest absolute Gasteiger partial charge is 0.0746 e. The first-order valence-corrected chi connectivity index (χ1v) is 7.23. The minimum absolute atomic E-state index is 0.0575. The van der Waals surface area contributed by atoms with Crippen molar-refractivity contribution >= 4 is 44.8 Å². The predicted molar refractivity (Wildman–Crippen MR) is 84.1 cm³/mol. The average Bonchev–Trinajstić information content (AvgIpc) is 2.36. The molecule has 2 rings (SSSR count). The number of hydrogen-bond acceptors (Lipinski definition) is 2. The second-order valence-corrected chi connectivity index (χ2v) is 5.79. The Morgan fingerprint density at radius 1 is 1.11 bits per heavy atom. The van der Waals surface area contributed by atoms with E-state index < -0.39 is 0 Å². The molecule has 0 aromatic heterocycles. The number of benzene rings is 2. The van der Waals surface area contributed by atoms with Crippen LogP contribution < -0.4 is 5.32 Å². The van der Waals surface area contributed by atoms with Crippen LogP contribution in [0.4, 0.5) is 5.69 Å². The van der Waals surface area contributed by atoms with Gasteiger partial charge < -0.3 is 10.4 Å². The van der Waals surface area contributed by atoms with Gasteiger partial charge in [0.15, 0.2) is 0 Å². The Morgan fingerprint density at radius 2 is 1.74 bits per heavy atom. The Balaban J connectivity index is 2.28. The predicted octanol–water partition coefficient (Wildman–Crippen LogP) is 4.90. The van der Waals surface area contributed by atoms with Gasteiger partial charge in [0, 0.05) is 20.2 Å². The number of anilines is 1. The number of nitrogens with one attached hydrogen (secondary N) is 1. The summed E-state index contributed by atoms with van der Waals surface area (Å²) in [4.78, 5) is 0. The lowest BCUT2D eigenvalue weighted by Crippen LogP contribution is -2.15. The van der Waals surface area contributed by atoms with E-state index in [0.717, 1.165) is 15.7 Å². The fraction of sp³-hybridized carbons (Fsp3) is 0.143. The van der Waals surface area contributed by atoms with Gasteiger partial charge in [-0.1, -0.05) is 35.3 Å². The van der Waals surface area contributed by atoms with Crippen LogP contribution in [0.2, 0.25) is 10.0 Å². The molecular formula is C14H12BrCl2NO. The zero-order chi connectivity index (χ0) is 13.8. The molecule has 0 heterocycles. The third-order valence-electron chi connectivity index (χ3n) is 2.67. The lowest BCUT2D eigenvalue weighted by Gasteiger charge is -2.19. The van der Waals surface area contributed by atoms with Gasteiger partial charge in [-0.05, 0) is 51.8 Å². The van der Waals surface area contributed by atoms with Crippen LogP contribution in [0.5, 0.6) is 0 Å². The van der Waals surface area contributed by atoms with Gasteiger partial charge in [0.05, 0.1) is 12.6 Å². The SMILES string of the molecule is OCC(Nc1ccccc1Br)c1cc(Cl)cc(Cl)c1. The van der Waals surface area contributed by atoms with Crippen LogP contribution in [0, 0.1) is 0 Å². The normalized spacial score (nSPS) is 12.2. The average molecular weight is 361 g/mol. The Hall–Kier alpha value is -0.740. The van der Waals surface area contributed by atoms with E-state index in [9.17, 15) is 5.11 Å². The molecule has 0 bridgehead atoms. The standard InChI is InChI=1S/C14H12BrCl2NO/c15-12-3-1-2-4-13(12)18-14(8-19)9-5-10(16)7-11(17)6-9/h1-7,14,18-19H,8H2. The first kappa shape index (κ1) is 14.7. The van der Waals surface area contributed by atoms with Crippen LogP contribution in [-0.4, -0.2) is 11.7 Å². The van der Waals surface area contributed by atoms with Crippen molar-refractivity contribution in [3.05, 3.63) is 62.5 Å². The molecule has 0 saturated carbocycles. The number of rotatable bonds is 4. The molecule has 0 spiro atoms. The van der Waals surface area contributed by atoms with Gasteiger partial charge in [-0.25, -0.2) is 0 Å². The highest BCUT2D eigenvalue weighted by molar-refractivity contribution is 9.10. The van der Waals surface area contributed by atoms with Gasteiger partial charge in [0.25, 0.3) is 0 Å². The van der Waals surface area contributed by atoms with Crippen LogP contribution in [0.1, 0.15) is 11.6 Å². The van der Waals surface area contributed by atoms with Crippen molar-refractivity contribution in [2.24, 2.45) is 0 Å². The topological polar surface area (TPSA) is 32.3 Å². The molecule has 2 aromatic rings. The van der Waals surface area contributed by atoms with Crippen molar-refractivity contribution < 1.29 is 5.11 Å². The summed E-state index contributed by atoms with van der Waals surface area (Å²) in [7, 11) is 0. The highest BCUT2D eigenvalue weighted by Gasteiger charge is 2.13. The maximum atomic E-state index is 9.55. The van der Waals surface area contributed by atoms with Gasteiger partial charge in [0.1, 0.15) is 0 Å². The van der Waals surface area contributed by atoms with Crippen molar-refractivity contribution in [2.45, 2.75) is 6.04 Å². The second-order valence-electron chi connectivity index (χ2n) is 4.06. The molecule has 2 N–H and O–H groups in total. The van der Waals surface area contributed by atoms with Crippen LogP contribution >= 0.6 is 39.1 Å². The molecule has 0 aliphatic carbocycles. The zero-order valence-electron chi connectivity index (χ0n) is 9.91. The molecule has 1 unspecified atom stereocenters. The molecule has 0 fully saturated rings. The van der Waals surface area contributed by atoms with E-state index in [1.807, 2.05) is 24.3 Å². The quantitative estimate of drug-likeness (QED) is 0.812. The summed E-state index contributed by atoms with van der Waals surface area (Å²) in [5.41, 5.74) is 1.74. The third-order valence-corrected chi connectivity index (χ3v) is 3.80. The number of para-hydroxylation sites is 1. The second kappa shape index (κ2) is 6.62. The van der Waals surface area contributed by atoms with Crippen molar-refractivity contribution in [3.8, 4) is 0 Å². The van der Waals surface area contributed by atoms with Gasteiger partial charge >= 0.3 is 0 Å². The van der Waals surface area contributed by atoms with Gasteiger partial charge in [-0.3, -0.25) is 0 Å². The molecule has 2 aromatic carbocycles. The summed E-state index contributed by atoms with van der Waals surface area (Å²) >= 11 is 15.4. The number of halogens is 3. The van der Waals surface area contributed by atoms with Crippen LogP contribution in [0.3, 0.4) is 0 Å². The summed E-state index contributed by atoms with van der Waals surface area (Å²) in [6, 6.07) is 12.7. The van der Waals surface area contributed by atoms with E-state index in [4.69, 9.17) is 23.2 Å². The summed E-state index contributed by atoms with van der Waals surface area (Å²) in [5, 5.41) is 13.9. The Labute approximate surface area is 130 Å². The molecule has 2 nitrogen and oxygen atoms in total. The van der Waals surface area contributed by atoms with E-state index in [2.05, 4.69) is 21.2 Å². The lowest BCUT2D eigenvalue weighted by molar-refractivity contribution is 0.276. The van der Waals surface area contributed by atoms with Gasteiger partial charge in [-0.15, -0.1) is 0 Å². The van der Waals surface area contributed by atoms with E-state index in [1.54, 1.807) is 18.2 Å². The molecule has 1 atom stereocenters. The van der Waals surface area contributed by atoms with E-state index in [-0.39, 0.29) is 12.6 Å². The van der Waals surface area contributed by atoms with Crippen molar-refractivity contribution in [1.82, 2.24) is 0 Å². The van der Waals surface area contributed by atoms with Gasteiger partial charge in [-0.2, -0.15) is 0 Å². The molecular weight excluding hydrogens is 349 g/mol. The summed E-state index contributed by atoms with van der Waals surface area (Å²) in [5.74, 6) is 0. The van der Waals surface area contributed by atoms with Gasteiger partial charge in [0.2, 0.25) is 0 Å². The van der Waals surface area contributed by atoms with E-state index >= 15 is 0 Å². The summed E-state index contributed by atoms with van der Waals surface area (Å²) < 4.78 is 0.932. The minimum atomic E-state index is -0.269. The fourth-order valence-electron chi connectivity index (χ4n) is 1.78.